The summed E-state index contributed by atoms with van der Waals surface area (Å²) in [5.74, 6) is 1.10. The Morgan fingerprint density at radius 3 is 2.95 bits per heavy atom. The van der Waals surface area contributed by atoms with Crippen LogP contribution in [-0.2, 0) is 6.54 Å². The normalized spacial score (nSPS) is 22.5. The molecule has 112 valence electrons. The summed E-state index contributed by atoms with van der Waals surface area (Å²) in [6, 6.07) is 0.171. The van der Waals surface area contributed by atoms with Gasteiger partial charge in [0.1, 0.15) is 0 Å². The molecule has 1 aromatic heterocycles. The van der Waals surface area contributed by atoms with E-state index in [1.54, 1.807) is 10.9 Å². The van der Waals surface area contributed by atoms with Crippen molar-refractivity contribution in [2.24, 2.45) is 0 Å². The highest BCUT2D eigenvalue weighted by Crippen LogP contribution is 2.28. The number of nitrogens with one attached hydrogen (secondary N) is 2. The summed E-state index contributed by atoms with van der Waals surface area (Å²) in [7, 11) is 0. The lowest BCUT2D eigenvalue weighted by Crippen LogP contribution is -2.45. The molecule has 1 aliphatic carbocycles. The van der Waals surface area contributed by atoms with Crippen LogP contribution in [0.3, 0.4) is 0 Å². The maximum atomic E-state index is 12.1. The van der Waals surface area contributed by atoms with Crippen molar-refractivity contribution in [3.05, 3.63) is 12.4 Å². The van der Waals surface area contributed by atoms with Crippen molar-refractivity contribution >= 4 is 23.5 Å². The van der Waals surface area contributed by atoms with Gasteiger partial charge in [-0.3, -0.25) is 4.68 Å². The van der Waals surface area contributed by atoms with E-state index in [1.165, 1.54) is 19.3 Å². The average molecular weight is 296 g/mol. The van der Waals surface area contributed by atoms with Crippen LogP contribution in [0.25, 0.3) is 0 Å². The Morgan fingerprint density at radius 1 is 1.45 bits per heavy atom. The first-order valence-corrected chi connectivity index (χ1v) is 8.49. The summed E-state index contributed by atoms with van der Waals surface area (Å²) < 4.78 is 1.80. The van der Waals surface area contributed by atoms with Crippen LogP contribution in [0.15, 0.2) is 12.4 Å². The van der Waals surface area contributed by atoms with Gasteiger partial charge in [-0.1, -0.05) is 19.8 Å². The Balaban J connectivity index is 1.85. The quantitative estimate of drug-likeness (QED) is 0.878. The molecule has 1 aliphatic rings. The maximum Gasteiger partial charge on any atom is 0.319 e. The van der Waals surface area contributed by atoms with Crippen molar-refractivity contribution in [3.63, 3.8) is 0 Å². The lowest BCUT2D eigenvalue weighted by atomic mass is 9.95. The largest absolute Gasteiger partial charge is 0.334 e. The maximum absolute atomic E-state index is 12.1. The Kier molecular flexibility index (Phi) is 5.76. The van der Waals surface area contributed by atoms with Gasteiger partial charge < -0.3 is 10.6 Å². The summed E-state index contributed by atoms with van der Waals surface area (Å²) in [5.41, 5.74) is 0.750. The molecule has 1 aromatic rings. The van der Waals surface area contributed by atoms with Crippen molar-refractivity contribution in [3.8, 4) is 0 Å². The van der Waals surface area contributed by atoms with E-state index in [4.69, 9.17) is 0 Å². The number of carbonyl (C=O) groups is 1. The summed E-state index contributed by atoms with van der Waals surface area (Å²) in [6.45, 7) is 5.00. The summed E-state index contributed by atoms with van der Waals surface area (Å²) in [5, 5.41) is 10.7. The molecule has 6 heteroatoms. The minimum Gasteiger partial charge on any atom is -0.334 e. The smallest absolute Gasteiger partial charge is 0.319 e. The molecule has 1 saturated carbocycles. The molecule has 0 unspecified atom stereocenters. The SMILES string of the molecule is CCS[C@H]1CCCC[C@H]1NC(=O)Nc1cnn(CC)c1. The minimum atomic E-state index is -0.116. The molecule has 0 radical (unpaired) electrons. The summed E-state index contributed by atoms with van der Waals surface area (Å²) in [4.78, 5) is 12.1. The lowest BCUT2D eigenvalue weighted by molar-refractivity contribution is 0.245. The van der Waals surface area contributed by atoms with Crippen LogP contribution >= 0.6 is 11.8 Å². The molecular weight excluding hydrogens is 272 g/mol. The van der Waals surface area contributed by atoms with Crippen LogP contribution in [0.1, 0.15) is 39.5 Å². The fourth-order valence-electron chi connectivity index (χ4n) is 2.61. The van der Waals surface area contributed by atoms with E-state index in [0.29, 0.717) is 5.25 Å². The number of nitrogens with zero attached hydrogens (tertiary/aromatic N) is 2. The van der Waals surface area contributed by atoms with Crippen LogP contribution in [0.5, 0.6) is 0 Å². The Labute approximate surface area is 124 Å². The van der Waals surface area contributed by atoms with Gasteiger partial charge in [0.25, 0.3) is 0 Å². The first kappa shape index (κ1) is 15.2. The molecule has 20 heavy (non-hydrogen) atoms. The molecule has 1 heterocycles. The second kappa shape index (κ2) is 7.57. The number of amides is 2. The fourth-order valence-corrected chi connectivity index (χ4v) is 3.81. The van der Waals surface area contributed by atoms with Crippen LogP contribution < -0.4 is 10.6 Å². The van der Waals surface area contributed by atoms with Crippen molar-refractivity contribution in [1.29, 1.82) is 0 Å². The second-order valence-corrected chi connectivity index (χ2v) is 6.58. The van der Waals surface area contributed by atoms with Gasteiger partial charge in [-0.25, -0.2) is 4.79 Å². The third-order valence-corrected chi connectivity index (χ3v) is 4.94. The van der Waals surface area contributed by atoms with E-state index < -0.39 is 0 Å². The third kappa shape index (κ3) is 4.16. The van der Waals surface area contributed by atoms with Crippen molar-refractivity contribution < 1.29 is 4.79 Å². The van der Waals surface area contributed by atoms with Crippen LogP contribution in [-0.4, -0.2) is 32.9 Å². The molecule has 2 rings (SSSR count). The second-order valence-electron chi connectivity index (χ2n) is 5.07. The highest BCUT2D eigenvalue weighted by Gasteiger charge is 2.26. The van der Waals surface area contributed by atoms with Crippen molar-refractivity contribution in [1.82, 2.24) is 15.1 Å². The number of carbonyl (C=O) groups excluding carboxylic acids is 1. The molecular formula is C14H24N4OS. The molecule has 2 atom stereocenters. The number of aromatic nitrogens is 2. The van der Waals surface area contributed by atoms with E-state index in [0.717, 1.165) is 24.4 Å². The van der Waals surface area contributed by atoms with E-state index in [-0.39, 0.29) is 12.1 Å². The van der Waals surface area contributed by atoms with E-state index >= 15 is 0 Å². The Bertz CT molecular complexity index is 433. The monoisotopic (exact) mass is 296 g/mol. The van der Waals surface area contributed by atoms with E-state index in [2.05, 4.69) is 22.7 Å². The Morgan fingerprint density at radius 2 is 2.25 bits per heavy atom. The van der Waals surface area contributed by atoms with Crippen LogP contribution in [0.2, 0.25) is 0 Å². The average Bonchev–Trinajstić information content (AvgIpc) is 2.89. The molecule has 0 spiro atoms. The zero-order valence-electron chi connectivity index (χ0n) is 12.3. The number of urea groups is 1. The van der Waals surface area contributed by atoms with Gasteiger partial charge in [0.15, 0.2) is 0 Å². The topological polar surface area (TPSA) is 59.0 Å². The van der Waals surface area contributed by atoms with E-state index in [1.807, 2.05) is 24.9 Å². The van der Waals surface area contributed by atoms with Crippen molar-refractivity contribution in [2.45, 2.75) is 57.4 Å². The lowest BCUT2D eigenvalue weighted by Gasteiger charge is -2.31. The summed E-state index contributed by atoms with van der Waals surface area (Å²) >= 11 is 1.96. The van der Waals surface area contributed by atoms with Crippen LogP contribution in [0, 0.1) is 0 Å². The molecule has 5 nitrogen and oxygen atoms in total. The van der Waals surface area contributed by atoms with Gasteiger partial charge >= 0.3 is 6.03 Å². The predicted octanol–water partition coefficient (Wildman–Crippen LogP) is 3.09. The summed E-state index contributed by atoms with van der Waals surface area (Å²) in [6.07, 6.45) is 8.30. The van der Waals surface area contributed by atoms with E-state index in [9.17, 15) is 4.79 Å². The first-order chi connectivity index (χ1) is 9.72. The number of thioether (sulfide) groups is 1. The van der Waals surface area contributed by atoms with Crippen molar-refractivity contribution in [2.75, 3.05) is 11.1 Å². The van der Waals surface area contributed by atoms with Gasteiger partial charge in [0.2, 0.25) is 0 Å². The fraction of sp³-hybridized carbons (Fsp3) is 0.714. The van der Waals surface area contributed by atoms with Gasteiger partial charge in [-0.15, -0.1) is 0 Å². The minimum absolute atomic E-state index is 0.116. The highest BCUT2D eigenvalue weighted by atomic mass is 32.2. The zero-order valence-corrected chi connectivity index (χ0v) is 13.1. The first-order valence-electron chi connectivity index (χ1n) is 7.44. The number of rotatable bonds is 5. The Hall–Kier alpha value is -1.17. The van der Waals surface area contributed by atoms with Gasteiger partial charge in [0, 0.05) is 24.0 Å². The molecule has 0 saturated heterocycles. The molecule has 0 aromatic carbocycles. The number of hydrogen-bond donors (Lipinski definition) is 2. The third-order valence-electron chi connectivity index (χ3n) is 3.61. The predicted molar refractivity (Wildman–Crippen MR) is 84.2 cm³/mol. The highest BCUT2D eigenvalue weighted by molar-refractivity contribution is 7.99. The number of anilines is 1. The van der Waals surface area contributed by atoms with Gasteiger partial charge in [0.05, 0.1) is 11.9 Å². The number of aryl methyl sites for hydroxylation is 1. The molecule has 2 amide bonds. The molecule has 0 bridgehead atoms. The molecule has 2 N–H and O–H groups in total. The zero-order chi connectivity index (χ0) is 14.4. The molecule has 1 fully saturated rings. The van der Waals surface area contributed by atoms with Gasteiger partial charge in [-0.05, 0) is 25.5 Å². The standard InChI is InChI=1S/C14H24N4OS/c1-3-18-10-11(9-15-18)16-14(19)17-12-7-5-6-8-13(12)20-4-2/h9-10,12-13H,3-8H2,1-2H3,(H2,16,17,19)/t12-,13+/m1/s1. The van der Waals surface area contributed by atoms with Gasteiger partial charge in [-0.2, -0.15) is 16.9 Å². The van der Waals surface area contributed by atoms with Crippen LogP contribution in [0.4, 0.5) is 10.5 Å². The number of hydrogen-bond acceptors (Lipinski definition) is 3. The molecule has 0 aliphatic heterocycles.